The molecule has 0 aliphatic rings. The first-order valence-electron chi connectivity index (χ1n) is 6.45. The van der Waals surface area contributed by atoms with E-state index in [1.54, 1.807) is 12.1 Å². The maximum atomic E-state index is 12.2. The molecule has 5 nitrogen and oxygen atoms in total. The molecule has 0 radical (unpaired) electrons. The second-order valence-electron chi connectivity index (χ2n) is 4.88. The number of carbonyl (C=O) groups excluding carboxylic acids is 1. The van der Waals surface area contributed by atoms with Gasteiger partial charge in [0.2, 0.25) is 0 Å². The number of aliphatic carboxylic acids is 1. The lowest BCUT2D eigenvalue weighted by Gasteiger charge is -2.16. The summed E-state index contributed by atoms with van der Waals surface area (Å²) in [4.78, 5) is 21.8. The van der Waals surface area contributed by atoms with E-state index >= 15 is 0 Å². The van der Waals surface area contributed by atoms with Crippen molar-refractivity contribution in [2.24, 2.45) is 0 Å². The summed E-state index contributed by atoms with van der Waals surface area (Å²) >= 11 is 0. The van der Waals surface area contributed by atoms with E-state index in [0.717, 1.165) is 0 Å². The van der Waals surface area contributed by atoms with Crippen LogP contribution in [0.25, 0.3) is 0 Å². The highest BCUT2D eigenvalue weighted by molar-refractivity contribution is 5.87. The first-order valence-corrected chi connectivity index (χ1v) is 6.45. The first kappa shape index (κ1) is 17.8. The molecule has 22 heavy (non-hydrogen) atoms. The number of carboxylic acids is 1. The van der Waals surface area contributed by atoms with Crippen LogP contribution in [0, 0.1) is 0 Å². The van der Waals surface area contributed by atoms with Gasteiger partial charge < -0.3 is 15.2 Å². The van der Waals surface area contributed by atoms with Gasteiger partial charge in [-0.05, 0) is 31.5 Å². The number of carboxylic acid groups (broad SMARTS) is 1. The van der Waals surface area contributed by atoms with E-state index in [-0.39, 0.29) is 12.5 Å². The van der Waals surface area contributed by atoms with Crippen molar-refractivity contribution in [2.75, 3.05) is 0 Å². The number of alkyl halides is 3. The Morgan fingerprint density at radius 2 is 1.77 bits per heavy atom. The van der Waals surface area contributed by atoms with Gasteiger partial charge in [0.1, 0.15) is 11.8 Å². The predicted octanol–water partition coefficient (Wildman–Crippen LogP) is 2.15. The fourth-order valence-corrected chi connectivity index (χ4v) is 1.65. The molecule has 1 rings (SSSR count). The number of hydrogen-bond acceptors (Lipinski definition) is 3. The van der Waals surface area contributed by atoms with Crippen molar-refractivity contribution in [2.45, 2.75) is 38.6 Å². The Hall–Kier alpha value is -2.25. The molecule has 1 aromatic carbocycles. The van der Waals surface area contributed by atoms with E-state index in [9.17, 15) is 22.8 Å². The van der Waals surface area contributed by atoms with E-state index in [1.165, 1.54) is 17.4 Å². The topological polar surface area (TPSA) is 75.6 Å². The summed E-state index contributed by atoms with van der Waals surface area (Å²) in [6.45, 7) is 3.67. The number of amides is 1. The molecule has 1 atom stereocenters. The molecule has 0 heterocycles. The van der Waals surface area contributed by atoms with Crippen LogP contribution in [0.4, 0.5) is 13.2 Å². The van der Waals surface area contributed by atoms with Crippen molar-refractivity contribution in [1.82, 2.24) is 5.32 Å². The minimum absolute atomic E-state index is 0.0382. The molecule has 0 bridgehead atoms. The second kappa shape index (κ2) is 7.15. The largest absolute Gasteiger partial charge is 0.491 e. The van der Waals surface area contributed by atoms with Crippen LogP contribution in [0.3, 0.4) is 0 Å². The molecule has 0 aromatic heterocycles. The molecule has 1 amide bonds. The van der Waals surface area contributed by atoms with Crippen LogP contribution in [0.1, 0.15) is 19.4 Å². The number of carbonyl (C=O) groups is 2. The Labute approximate surface area is 125 Å². The summed E-state index contributed by atoms with van der Waals surface area (Å²) in [7, 11) is 0. The molecule has 1 aromatic rings. The standard InChI is InChI=1S/C14H16F3NO4/c1-8(2)22-10-5-3-9(4-6-10)7-11(12(19)20)18-13(21)14(15,16)17/h3-6,8,11H,7H2,1-2H3,(H,18,21)(H,19,20). The Bertz CT molecular complexity index is 526. The van der Waals surface area contributed by atoms with E-state index in [4.69, 9.17) is 9.84 Å². The molecule has 1 unspecified atom stereocenters. The third-order valence-electron chi connectivity index (χ3n) is 2.60. The van der Waals surface area contributed by atoms with Crippen LogP contribution >= 0.6 is 0 Å². The lowest BCUT2D eigenvalue weighted by molar-refractivity contribution is -0.175. The Balaban J connectivity index is 2.75. The Morgan fingerprint density at radius 1 is 1.23 bits per heavy atom. The fourth-order valence-electron chi connectivity index (χ4n) is 1.65. The van der Waals surface area contributed by atoms with Gasteiger partial charge in [0.05, 0.1) is 6.10 Å². The normalized spacial score (nSPS) is 12.8. The zero-order chi connectivity index (χ0) is 16.9. The molecule has 2 N–H and O–H groups in total. The molecule has 0 saturated carbocycles. The summed E-state index contributed by atoms with van der Waals surface area (Å²) in [5.74, 6) is -3.26. The minimum atomic E-state index is -5.12. The molecule has 8 heteroatoms. The molecule has 0 saturated heterocycles. The van der Waals surface area contributed by atoms with E-state index in [0.29, 0.717) is 11.3 Å². The number of halogens is 3. The lowest BCUT2D eigenvalue weighted by Crippen LogP contribution is -2.47. The van der Waals surface area contributed by atoms with E-state index in [1.807, 2.05) is 13.8 Å². The molecule has 0 spiro atoms. The molecular weight excluding hydrogens is 303 g/mol. The van der Waals surface area contributed by atoms with Crippen molar-refractivity contribution >= 4 is 11.9 Å². The fraction of sp³-hybridized carbons (Fsp3) is 0.429. The molecule has 0 aliphatic heterocycles. The second-order valence-corrected chi connectivity index (χ2v) is 4.88. The molecule has 0 fully saturated rings. The minimum Gasteiger partial charge on any atom is -0.491 e. The zero-order valence-corrected chi connectivity index (χ0v) is 12.0. The summed E-state index contributed by atoms with van der Waals surface area (Å²) < 4.78 is 41.9. The number of ether oxygens (including phenoxy) is 1. The van der Waals surface area contributed by atoms with Gasteiger partial charge in [-0.3, -0.25) is 4.79 Å². The third kappa shape index (κ3) is 5.63. The average Bonchev–Trinajstić information content (AvgIpc) is 2.38. The average molecular weight is 319 g/mol. The smallest absolute Gasteiger partial charge is 0.471 e. The van der Waals surface area contributed by atoms with Crippen LogP contribution in [0.15, 0.2) is 24.3 Å². The van der Waals surface area contributed by atoms with E-state index < -0.39 is 24.1 Å². The van der Waals surface area contributed by atoms with Gasteiger partial charge in [-0.1, -0.05) is 12.1 Å². The van der Waals surface area contributed by atoms with Crippen molar-refractivity contribution in [3.63, 3.8) is 0 Å². The van der Waals surface area contributed by atoms with Crippen LogP contribution in [0.2, 0.25) is 0 Å². The number of hydrogen-bond donors (Lipinski definition) is 2. The Morgan fingerprint density at radius 3 is 2.18 bits per heavy atom. The van der Waals surface area contributed by atoms with Gasteiger partial charge in [-0.15, -0.1) is 0 Å². The quantitative estimate of drug-likeness (QED) is 0.842. The van der Waals surface area contributed by atoms with Gasteiger partial charge in [-0.25, -0.2) is 4.79 Å². The maximum absolute atomic E-state index is 12.2. The monoisotopic (exact) mass is 319 g/mol. The highest BCUT2D eigenvalue weighted by Gasteiger charge is 2.40. The van der Waals surface area contributed by atoms with Crippen LogP contribution in [0.5, 0.6) is 5.75 Å². The van der Waals surface area contributed by atoms with Crippen molar-refractivity contribution in [3.05, 3.63) is 29.8 Å². The maximum Gasteiger partial charge on any atom is 0.471 e. The van der Waals surface area contributed by atoms with Gasteiger partial charge in [0, 0.05) is 6.42 Å². The number of nitrogens with one attached hydrogen (secondary N) is 1. The number of benzene rings is 1. The van der Waals surface area contributed by atoms with Gasteiger partial charge >= 0.3 is 18.1 Å². The van der Waals surface area contributed by atoms with Gasteiger partial charge in [-0.2, -0.15) is 13.2 Å². The molecule has 0 aliphatic carbocycles. The zero-order valence-electron chi connectivity index (χ0n) is 12.0. The summed E-state index contributed by atoms with van der Waals surface area (Å²) in [5.41, 5.74) is 0.464. The summed E-state index contributed by atoms with van der Waals surface area (Å²) in [6, 6.07) is 4.58. The van der Waals surface area contributed by atoms with Crippen molar-refractivity contribution in [1.29, 1.82) is 0 Å². The van der Waals surface area contributed by atoms with Crippen molar-refractivity contribution < 1.29 is 32.6 Å². The predicted molar refractivity (Wildman–Crippen MR) is 71.5 cm³/mol. The molecule has 122 valence electrons. The molecular formula is C14H16F3NO4. The summed E-state index contributed by atoms with van der Waals surface area (Å²) in [6.07, 6.45) is -5.43. The first-order chi connectivity index (χ1) is 10.1. The SMILES string of the molecule is CC(C)Oc1ccc(CC(NC(=O)C(F)(F)F)C(=O)O)cc1. The van der Waals surface area contributed by atoms with E-state index in [2.05, 4.69) is 0 Å². The highest BCUT2D eigenvalue weighted by Crippen LogP contribution is 2.17. The number of rotatable bonds is 6. The van der Waals surface area contributed by atoms with Crippen LogP contribution < -0.4 is 10.1 Å². The van der Waals surface area contributed by atoms with Crippen molar-refractivity contribution in [3.8, 4) is 5.75 Å². The third-order valence-corrected chi connectivity index (χ3v) is 2.60. The van der Waals surface area contributed by atoms with Crippen LogP contribution in [-0.4, -0.2) is 35.3 Å². The lowest BCUT2D eigenvalue weighted by atomic mass is 10.1. The van der Waals surface area contributed by atoms with Crippen LogP contribution in [-0.2, 0) is 16.0 Å². The Kier molecular flexibility index (Phi) is 5.78. The highest BCUT2D eigenvalue weighted by atomic mass is 19.4. The van der Waals surface area contributed by atoms with Gasteiger partial charge in [0.15, 0.2) is 0 Å². The van der Waals surface area contributed by atoms with Gasteiger partial charge in [0.25, 0.3) is 0 Å². The summed E-state index contributed by atoms with van der Waals surface area (Å²) in [5, 5.41) is 10.4.